The van der Waals surface area contributed by atoms with E-state index in [2.05, 4.69) is 9.97 Å². The highest BCUT2D eigenvalue weighted by Crippen LogP contribution is 2.36. The highest BCUT2D eigenvalue weighted by Gasteiger charge is 2.31. The standard InChI is InChI=1S/C21H18ClN5O3S3/c1-12-19(33(23,29)30)32-20(25-12)27-8-2-7-26(21(27)28)15-5-3-13(4-6-15)16-9-14(22)10-17-18(16)31-11-24-17/h3-6,9-11H,2,7-8H2,1H3,(H2,23,29,30). The number of hydrogen-bond acceptors (Lipinski definition) is 7. The Hall–Kier alpha value is -2.57. The summed E-state index contributed by atoms with van der Waals surface area (Å²) in [6.07, 6.45) is 0.715. The van der Waals surface area contributed by atoms with Gasteiger partial charge in [0.05, 0.1) is 21.4 Å². The Bertz CT molecular complexity index is 1480. The van der Waals surface area contributed by atoms with Crippen molar-refractivity contribution in [2.75, 3.05) is 22.9 Å². The van der Waals surface area contributed by atoms with Gasteiger partial charge in [-0.25, -0.2) is 28.3 Å². The van der Waals surface area contributed by atoms with Crippen molar-refractivity contribution in [1.29, 1.82) is 0 Å². The molecule has 33 heavy (non-hydrogen) atoms. The quantitative estimate of drug-likeness (QED) is 0.414. The first-order valence-corrected chi connectivity index (χ1v) is 13.6. The van der Waals surface area contributed by atoms with E-state index in [-0.39, 0.29) is 10.2 Å². The Morgan fingerprint density at radius 2 is 1.85 bits per heavy atom. The van der Waals surface area contributed by atoms with Crippen molar-refractivity contribution >= 4 is 71.4 Å². The summed E-state index contributed by atoms with van der Waals surface area (Å²) >= 11 is 8.74. The summed E-state index contributed by atoms with van der Waals surface area (Å²) in [5, 5.41) is 6.22. The molecule has 1 saturated heterocycles. The number of rotatable bonds is 4. The number of amides is 2. The van der Waals surface area contributed by atoms with Crippen molar-refractivity contribution in [2.45, 2.75) is 17.6 Å². The van der Waals surface area contributed by atoms with Gasteiger partial charge in [0.2, 0.25) is 10.0 Å². The molecule has 8 nitrogen and oxygen atoms in total. The number of primary sulfonamides is 1. The molecule has 0 bridgehead atoms. The van der Waals surface area contributed by atoms with E-state index in [4.69, 9.17) is 16.7 Å². The van der Waals surface area contributed by atoms with Crippen molar-refractivity contribution in [3.8, 4) is 11.1 Å². The van der Waals surface area contributed by atoms with E-state index in [1.807, 2.05) is 36.4 Å². The van der Waals surface area contributed by atoms with Crippen LogP contribution in [0.25, 0.3) is 21.3 Å². The first-order valence-electron chi connectivity index (χ1n) is 9.95. The molecule has 1 aliphatic heterocycles. The molecule has 12 heteroatoms. The lowest BCUT2D eigenvalue weighted by atomic mass is 10.0. The van der Waals surface area contributed by atoms with Crippen LogP contribution in [0, 0.1) is 6.92 Å². The molecule has 170 valence electrons. The number of carbonyl (C=O) groups is 1. The predicted octanol–water partition coefficient (Wildman–Crippen LogP) is 4.87. The summed E-state index contributed by atoms with van der Waals surface area (Å²) in [5.41, 5.74) is 5.66. The average molecular weight is 520 g/mol. The zero-order chi connectivity index (χ0) is 23.3. The molecule has 0 radical (unpaired) electrons. The van der Waals surface area contributed by atoms with Crippen LogP contribution in [-0.4, -0.2) is 37.5 Å². The van der Waals surface area contributed by atoms with Crippen LogP contribution in [0.15, 0.2) is 46.1 Å². The normalized spacial score (nSPS) is 14.9. The number of nitrogens with two attached hydrogens (primary N) is 1. The van der Waals surface area contributed by atoms with Gasteiger partial charge in [-0.2, -0.15) is 0 Å². The Morgan fingerprint density at radius 1 is 1.12 bits per heavy atom. The number of thiazole rings is 2. The average Bonchev–Trinajstić information content (AvgIpc) is 3.40. The molecule has 2 amide bonds. The Labute approximate surface area is 203 Å². The molecule has 0 atom stereocenters. The van der Waals surface area contributed by atoms with Gasteiger partial charge in [-0.15, -0.1) is 11.3 Å². The first kappa shape index (κ1) is 22.2. The first-order chi connectivity index (χ1) is 15.7. The maximum Gasteiger partial charge on any atom is 0.330 e. The number of aryl methyl sites for hydroxylation is 1. The van der Waals surface area contributed by atoms with Gasteiger partial charge in [0.15, 0.2) is 9.34 Å². The minimum absolute atomic E-state index is 0.0253. The van der Waals surface area contributed by atoms with Crippen LogP contribution in [-0.2, 0) is 10.0 Å². The SMILES string of the molecule is Cc1nc(N2CCCN(c3ccc(-c4cc(Cl)cc5ncsc45)cc3)C2=O)sc1S(N)(=O)=O. The maximum absolute atomic E-state index is 13.3. The van der Waals surface area contributed by atoms with Crippen LogP contribution < -0.4 is 14.9 Å². The smallest absolute Gasteiger partial charge is 0.294 e. The number of benzene rings is 2. The van der Waals surface area contributed by atoms with Crippen LogP contribution in [0.5, 0.6) is 0 Å². The molecule has 1 aliphatic rings. The molecular formula is C21H18ClN5O3S3. The molecular weight excluding hydrogens is 502 g/mol. The van der Waals surface area contributed by atoms with Gasteiger partial charge in [0.25, 0.3) is 0 Å². The molecule has 3 heterocycles. The maximum atomic E-state index is 13.3. The number of carbonyl (C=O) groups excluding carboxylic acids is 1. The number of anilines is 2. The van der Waals surface area contributed by atoms with Gasteiger partial charge < -0.3 is 0 Å². The number of hydrogen-bond donors (Lipinski definition) is 1. The third kappa shape index (κ3) is 4.11. The second kappa shape index (κ2) is 8.33. The van der Waals surface area contributed by atoms with E-state index in [1.165, 1.54) is 4.90 Å². The summed E-state index contributed by atoms with van der Waals surface area (Å²) in [5.74, 6) is 0. The summed E-state index contributed by atoms with van der Waals surface area (Å²) in [7, 11) is -3.89. The predicted molar refractivity (Wildman–Crippen MR) is 133 cm³/mol. The van der Waals surface area contributed by atoms with Crippen molar-refractivity contribution < 1.29 is 13.2 Å². The molecule has 0 unspecified atom stereocenters. The van der Waals surface area contributed by atoms with Gasteiger partial charge in [-0.1, -0.05) is 35.1 Å². The lowest BCUT2D eigenvalue weighted by Gasteiger charge is -2.34. The fourth-order valence-electron chi connectivity index (χ4n) is 3.86. The van der Waals surface area contributed by atoms with E-state index in [0.717, 1.165) is 38.4 Å². The van der Waals surface area contributed by atoms with Crippen molar-refractivity contribution in [2.24, 2.45) is 5.14 Å². The largest absolute Gasteiger partial charge is 0.330 e. The van der Waals surface area contributed by atoms with E-state index in [9.17, 15) is 13.2 Å². The van der Waals surface area contributed by atoms with E-state index in [1.54, 1.807) is 28.7 Å². The van der Waals surface area contributed by atoms with Crippen LogP contribution in [0.1, 0.15) is 12.1 Å². The molecule has 0 spiro atoms. The van der Waals surface area contributed by atoms with E-state index < -0.39 is 10.0 Å². The summed E-state index contributed by atoms with van der Waals surface area (Å²) in [6, 6.07) is 11.2. The minimum atomic E-state index is -3.89. The molecule has 0 saturated carbocycles. The number of fused-ring (bicyclic) bond motifs is 1. The lowest BCUT2D eigenvalue weighted by Crippen LogP contribution is -2.49. The Balaban J connectivity index is 1.44. The summed E-state index contributed by atoms with van der Waals surface area (Å²) in [6.45, 7) is 2.58. The topological polar surface area (TPSA) is 109 Å². The number of halogens is 1. The van der Waals surface area contributed by atoms with Crippen molar-refractivity contribution in [3.63, 3.8) is 0 Å². The Morgan fingerprint density at radius 3 is 2.55 bits per heavy atom. The van der Waals surface area contributed by atoms with Crippen molar-refractivity contribution in [3.05, 3.63) is 52.6 Å². The van der Waals surface area contributed by atoms with Gasteiger partial charge in [0.1, 0.15) is 0 Å². The zero-order valence-corrected chi connectivity index (χ0v) is 20.6. The lowest BCUT2D eigenvalue weighted by molar-refractivity contribution is 0.248. The van der Waals surface area contributed by atoms with Gasteiger partial charge in [-0.3, -0.25) is 9.80 Å². The monoisotopic (exact) mass is 519 g/mol. The second-order valence-corrected chi connectivity index (χ2v) is 11.6. The van der Waals surface area contributed by atoms with Crippen molar-refractivity contribution in [1.82, 2.24) is 9.97 Å². The second-order valence-electron chi connectivity index (χ2n) is 7.55. The summed E-state index contributed by atoms with van der Waals surface area (Å²) in [4.78, 5) is 25.1. The molecule has 1 fully saturated rings. The molecule has 4 aromatic rings. The fraction of sp³-hybridized carbons (Fsp3) is 0.190. The van der Waals surface area contributed by atoms with Gasteiger partial charge in [0, 0.05) is 29.4 Å². The third-order valence-electron chi connectivity index (χ3n) is 5.34. The summed E-state index contributed by atoms with van der Waals surface area (Å²) < 4.78 is 24.6. The van der Waals surface area contributed by atoms with Crippen LogP contribution >= 0.6 is 34.3 Å². The molecule has 0 aliphatic carbocycles. The van der Waals surface area contributed by atoms with Crippen LogP contribution in [0.4, 0.5) is 15.6 Å². The Kier molecular flexibility index (Phi) is 5.61. The minimum Gasteiger partial charge on any atom is -0.294 e. The highest BCUT2D eigenvalue weighted by atomic mass is 35.5. The number of nitrogens with zero attached hydrogens (tertiary/aromatic N) is 4. The highest BCUT2D eigenvalue weighted by molar-refractivity contribution is 7.91. The molecule has 2 aromatic heterocycles. The zero-order valence-electron chi connectivity index (χ0n) is 17.4. The fourth-order valence-corrected chi connectivity index (χ4v) is 6.85. The van der Waals surface area contributed by atoms with Crippen LogP contribution in [0.3, 0.4) is 0 Å². The third-order valence-corrected chi connectivity index (χ3v) is 9.17. The van der Waals surface area contributed by atoms with E-state index >= 15 is 0 Å². The molecule has 2 N–H and O–H groups in total. The van der Waals surface area contributed by atoms with E-state index in [0.29, 0.717) is 35.4 Å². The number of urea groups is 1. The van der Waals surface area contributed by atoms with Gasteiger partial charge >= 0.3 is 6.03 Å². The number of aromatic nitrogens is 2. The molecule has 5 rings (SSSR count). The van der Waals surface area contributed by atoms with Gasteiger partial charge in [-0.05, 0) is 43.2 Å². The van der Waals surface area contributed by atoms with Crippen LogP contribution in [0.2, 0.25) is 5.02 Å². The molecule has 2 aromatic carbocycles. The number of sulfonamides is 1.